The lowest BCUT2D eigenvalue weighted by atomic mass is 9.97. The van der Waals surface area contributed by atoms with E-state index in [0.717, 1.165) is 51.3 Å². The number of carbonyl (C=O) groups excluding carboxylic acids is 1. The van der Waals surface area contributed by atoms with Crippen molar-refractivity contribution in [1.29, 1.82) is 0 Å². The molecule has 3 heterocycles. The summed E-state index contributed by atoms with van der Waals surface area (Å²) in [6.07, 6.45) is 5.63. The maximum absolute atomic E-state index is 14.2. The van der Waals surface area contributed by atoms with E-state index < -0.39 is 0 Å². The van der Waals surface area contributed by atoms with E-state index in [1.807, 2.05) is 17.0 Å². The predicted molar refractivity (Wildman–Crippen MR) is 134 cm³/mol. The van der Waals surface area contributed by atoms with Gasteiger partial charge in [0.2, 0.25) is 5.95 Å². The number of nitrogens with zero attached hydrogens (tertiary/aromatic N) is 5. The molecule has 180 valence electrons. The summed E-state index contributed by atoms with van der Waals surface area (Å²) in [6.45, 7) is 8.53. The second kappa shape index (κ2) is 8.41. The van der Waals surface area contributed by atoms with Crippen LogP contribution in [0.5, 0.6) is 0 Å². The monoisotopic (exact) mass is 471 g/mol. The van der Waals surface area contributed by atoms with Crippen LogP contribution in [0.4, 0.5) is 16.0 Å². The Kier molecular flexibility index (Phi) is 5.33. The van der Waals surface area contributed by atoms with Crippen LogP contribution in [-0.2, 0) is 5.41 Å². The van der Waals surface area contributed by atoms with Crippen LogP contribution in [0.3, 0.4) is 0 Å². The molecule has 6 rings (SSSR count). The maximum Gasteiger partial charge on any atom is 0.254 e. The Morgan fingerprint density at radius 2 is 1.71 bits per heavy atom. The van der Waals surface area contributed by atoms with Crippen LogP contribution in [-0.4, -0.2) is 64.4 Å². The molecule has 1 amide bonds. The van der Waals surface area contributed by atoms with Crippen molar-refractivity contribution >= 4 is 17.5 Å². The van der Waals surface area contributed by atoms with Gasteiger partial charge in [0.1, 0.15) is 5.82 Å². The molecule has 1 aromatic heterocycles. The lowest BCUT2D eigenvalue weighted by molar-refractivity contribution is 0.0595. The van der Waals surface area contributed by atoms with Crippen molar-refractivity contribution in [3.05, 3.63) is 71.8 Å². The summed E-state index contributed by atoms with van der Waals surface area (Å²) < 4.78 is 14.2. The molecule has 2 aliphatic heterocycles. The summed E-state index contributed by atoms with van der Waals surface area (Å²) in [6, 6.07) is 13.3. The summed E-state index contributed by atoms with van der Waals surface area (Å²) in [5.41, 5.74) is 4.29. The molecule has 35 heavy (non-hydrogen) atoms. The second-order valence-corrected chi connectivity index (χ2v) is 10.3. The van der Waals surface area contributed by atoms with Crippen molar-refractivity contribution in [1.82, 2.24) is 19.8 Å². The number of halogens is 1. The molecule has 0 bridgehead atoms. The van der Waals surface area contributed by atoms with E-state index >= 15 is 0 Å². The quantitative estimate of drug-likeness (QED) is 0.555. The van der Waals surface area contributed by atoms with Gasteiger partial charge in [0, 0.05) is 79.0 Å². The minimum Gasteiger partial charge on any atom is -0.336 e. The summed E-state index contributed by atoms with van der Waals surface area (Å²) in [5, 5.41) is 0. The van der Waals surface area contributed by atoms with E-state index in [0.29, 0.717) is 28.7 Å². The fourth-order valence-electron chi connectivity index (χ4n) is 5.49. The number of hydrogen-bond acceptors (Lipinski definition) is 5. The minimum atomic E-state index is -0.287. The average molecular weight is 472 g/mol. The third kappa shape index (κ3) is 3.88. The first kappa shape index (κ1) is 22.2. The Bertz CT molecular complexity index is 1260. The number of amides is 1. The maximum atomic E-state index is 14.2. The highest BCUT2D eigenvalue weighted by Crippen LogP contribution is 2.57. The molecule has 0 N–H and O–H groups in total. The molecule has 1 saturated heterocycles. The predicted octanol–water partition coefficient (Wildman–Crippen LogP) is 4.63. The van der Waals surface area contributed by atoms with Crippen molar-refractivity contribution in [3.8, 4) is 11.1 Å². The Balaban J connectivity index is 1.27. The van der Waals surface area contributed by atoms with Gasteiger partial charge in [0.15, 0.2) is 0 Å². The Morgan fingerprint density at radius 1 is 1.00 bits per heavy atom. The van der Waals surface area contributed by atoms with Crippen molar-refractivity contribution in [2.45, 2.75) is 38.1 Å². The lowest BCUT2D eigenvalue weighted by Crippen LogP contribution is -2.50. The zero-order valence-electron chi connectivity index (χ0n) is 20.2. The fraction of sp³-hybridized carbons (Fsp3) is 0.393. The average Bonchev–Trinajstić information content (AvgIpc) is 3.60. The van der Waals surface area contributed by atoms with Gasteiger partial charge in [-0.05, 0) is 50.5 Å². The smallest absolute Gasteiger partial charge is 0.254 e. The van der Waals surface area contributed by atoms with Gasteiger partial charge in [0.25, 0.3) is 5.91 Å². The highest BCUT2D eigenvalue weighted by atomic mass is 19.1. The molecule has 1 spiro atoms. The molecule has 0 unspecified atom stereocenters. The largest absolute Gasteiger partial charge is 0.336 e. The molecule has 1 aliphatic carbocycles. The van der Waals surface area contributed by atoms with Gasteiger partial charge >= 0.3 is 0 Å². The molecule has 7 heteroatoms. The number of carbonyl (C=O) groups is 1. The second-order valence-electron chi connectivity index (χ2n) is 10.3. The first-order valence-electron chi connectivity index (χ1n) is 12.5. The molecule has 0 atom stereocenters. The van der Waals surface area contributed by atoms with Gasteiger partial charge in [-0.2, -0.15) is 0 Å². The van der Waals surface area contributed by atoms with E-state index in [9.17, 15) is 9.18 Å². The van der Waals surface area contributed by atoms with Crippen LogP contribution in [0.15, 0.2) is 54.9 Å². The number of rotatable bonds is 4. The van der Waals surface area contributed by atoms with Crippen molar-refractivity contribution in [3.63, 3.8) is 0 Å². The van der Waals surface area contributed by atoms with Gasteiger partial charge in [-0.1, -0.05) is 24.3 Å². The van der Waals surface area contributed by atoms with Crippen LogP contribution in [0.1, 0.15) is 42.6 Å². The summed E-state index contributed by atoms with van der Waals surface area (Å²) in [7, 11) is 0. The number of benzene rings is 2. The Morgan fingerprint density at radius 3 is 2.37 bits per heavy atom. The molecule has 0 radical (unpaired) electrons. The van der Waals surface area contributed by atoms with Crippen molar-refractivity contribution in [2.75, 3.05) is 37.6 Å². The van der Waals surface area contributed by atoms with E-state index in [-0.39, 0.29) is 17.1 Å². The highest BCUT2D eigenvalue weighted by molar-refractivity contribution is 5.96. The highest BCUT2D eigenvalue weighted by Gasteiger charge is 2.52. The summed E-state index contributed by atoms with van der Waals surface area (Å²) in [5.74, 6) is 0.388. The third-order valence-corrected chi connectivity index (χ3v) is 7.82. The molecule has 2 fully saturated rings. The standard InChI is InChI=1S/C28H30FN5O/c1-19(2)32-11-13-33(14-12-32)26(35)20-7-8-23-25(15-20)34(18-28(23)9-10-28)27-30-16-21(17-31-27)22-5-3-4-6-24(22)29/h3-8,15-17,19H,9-14,18H2,1-2H3. The van der Waals surface area contributed by atoms with Crippen LogP contribution < -0.4 is 4.90 Å². The molecule has 1 saturated carbocycles. The number of fused-ring (bicyclic) bond motifs is 2. The zero-order valence-corrected chi connectivity index (χ0v) is 20.2. The zero-order chi connectivity index (χ0) is 24.2. The van der Waals surface area contributed by atoms with Crippen LogP contribution in [0.2, 0.25) is 0 Å². The first-order valence-corrected chi connectivity index (χ1v) is 12.5. The minimum absolute atomic E-state index is 0.0868. The molecule has 2 aromatic carbocycles. The van der Waals surface area contributed by atoms with Gasteiger partial charge in [-0.15, -0.1) is 0 Å². The van der Waals surface area contributed by atoms with Crippen LogP contribution in [0.25, 0.3) is 11.1 Å². The van der Waals surface area contributed by atoms with Gasteiger partial charge < -0.3 is 9.80 Å². The number of anilines is 2. The van der Waals surface area contributed by atoms with Crippen LogP contribution >= 0.6 is 0 Å². The van der Waals surface area contributed by atoms with E-state index in [1.54, 1.807) is 30.6 Å². The number of aromatic nitrogens is 2. The molecule has 3 aromatic rings. The molecule has 3 aliphatic rings. The fourth-order valence-corrected chi connectivity index (χ4v) is 5.49. The number of hydrogen-bond donors (Lipinski definition) is 0. The summed E-state index contributed by atoms with van der Waals surface area (Å²) >= 11 is 0. The lowest BCUT2D eigenvalue weighted by Gasteiger charge is -2.37. The van der Waals surface area contributed by atoms with Gasteiger partial charge in [-0.25, -0.2) is 14.4 Å². The molecular weight excluding hydrogens is 441 g/mol. The van der Waals surface area contributed by atoms with E-state index in [4.69, 9.17) is 0 Å². The Hall–Kier alpha value is -3.32. The molecule has 6 nitrogen and oxygen atoms in total. The third-order valence-electron chi connectivity index (χ3n) is 7.82. The van der Waals surface area contributed by atoms with Gasteiger partial charge in [0.05, 0.1) is 0 Å². The summed E-state index contributed by atoms with van der Waals surface area (Å²) in [4.78, 5) is 29.1. The SMILES string of the molecule is CC(C)N1CCN(C(=O)c2ccc3c(c2)N(c2ncc(-c4ccccc4F)cn2)CC32CC2)CC1. The first-order chi connectivity index (χ1) is 16.9. The topological polar surface area (TPSA) is 52.6 Å². The number of piperazine rings is 1. The normalized spacial score (nSPS) is 18.9. The van der Waals surface area contributed by atoms with Crippen molar-refractivity contribution in [2.24, 2.45) is 0 Å². The molecular formula is C28H30FN5O. The van der Waals surface area contributed by atoms with E-state index in [1.165, 1.54) is 11.6 Å². The Labute approximate surface area is 205 Å². The van der Waals surface area contributed by atoms with E-state index in [2.05, 4.69) is 39.7 Å². The van der Waals surface area contributed by atoms with Crippen LogP contribution in [0, 0.1) is 5.82 Å². The van der Waals surface area contributed by atoms with Gasteiger partial charge in [-0.3, -0.25) is 9.69 Å². The van der Waals surface area contributed by atoms with Crippen molar-refractivity contribution < 1.29 is 9.18 Å².